The normalized spacial score (nSPS) is 11.1. The van der Waals surface area contributed by atoms with Crippen LogP contribution in [-0.4, -0.2) is 37.6 Å². The third-order valence-corrected chi connectivity index (χ3v) is 5.64. The number of ether oxygens (including phenoxy) is 1. The number of hydrogen-bond acceptors (Lipinski definition) is 6. The largest absolute Gasteiger partial charge is 0.497 e. The molecular weight excluding hydrogens is 440 g/mol. The van der Waals surface area contributed by atoms with E-state index in [0.29, 0.717) is 50.9 Å². The van der Waals surface area contributed by atoms with Gasteiger partial charge in [-0.25, -0.2) is 4.98 Å². The van der Waals surface area contributed by atoms with Gasteiger partial charge in [0.25, 0.3) is 5.91 Å². The second-order valence-electron chi connectivity index (χ2n) is 7.43. The van der Waals surface area contributed by atoms with Crippen molar-refractivity contribution in [3.8, 4) is 17.1 Å². The van der Waals surface area contributed by atoms with Crippen molar-refractivity contribution in [3.63, 3.8) is 0 Å². The van der Waals surface area contributed by atoms with E-state index in [1.807, 2.05) is 47.7 Å². The smallest absolute Gasteiger partial charge is 0.251 e. The van der Waals surface area contributed by atoms with Gasteiger partial charge in [-0.2, -0.15) is 0 Å². The predicted molar refractivity (Wildman–Crippen MR) is 125 cm³/mol. The molecule has 0 radical (unpaired) electrons. The van der Waals surface area contributed by atoms with Crippen molar-refractivity contribution in [3.05, 3.63) is 82.8 Å². The van der Waals surface area contributed by atoms with Gasteiger partial charge in [-0.05, 0) is 55.5 Å². The van der Waals surface area contributed by atoms with Crippen molar-refractivity contribution >= 4 is 34.2 Å². The molecule has 5 rings (SSSR count). The highest BCUT2D eigenvalue weighted by Gasteiger charge is 2.18. The summed E-state index contributed by atoms with van der Waals surface area (Å²) in [6.07, 6.45) is 1.69. The molecular formula is C24H19ClN6O2. The molecule has 33 heavy (non-hydrogen) atoms. The summed E-state index contributed by atoms with van der Waals surface area (Å²) < 4.78 is 7.13. The highest BCUT2D eigenvalue weighted by molar-refractivity contribution is 6.33. The summed E-state index contributed by atoms with van der Waals surface area (Å²) in [5, 5.41) is 12.1. The highest BCUT2D eigenvalue weighted by Crippen LogP contribution is 2.32. The Morgan fingerprint density at radius 1 is 1.12 bits per heavy atom. The molecule has 1 amide bonds. The number of aromatic nitrogens is 5. The molecule has 5 aromatic rings. The first-order valence-corrected chi connectivity index (χ1v) is 10.6. The Hall–Kier alpha value is -4.04. The number of halogens is 1. The molecule has 0 fully saturated rings. The van der Waals surface area contributed by atoms with Crippen molar-refractivity contribution < 1.29 is 9.53 Å². The van der Waals surface area contributed by atoms with E-state index in [1.54, 1.807) is 31.5 Å². The van der Waals surface area contributed by atoms with Gasteiger partial charge in [0.15, 0.2) is 11.5 Å². The Morgan fingerprint density at radius 2 is 2.00 bits per heavy atom. The van der Waals surface area contributed by atoms with E-state index >= 15 is 0 Å². The van der Waals surface area contributed by atoms with E-state index in [-0.39, 0.29) is 5.91 Å². The van der Waals surface area contributed by atoms with Crippen LogP contribution in [0.1, 0.15) is 21.7 Å². The molecule has 0 aliphatic carbocycles. The number of carbonyl (C=O) groups excluding carboxylic acids is 1. The Labute approximate surface area is 194 Å². The van der Waals surface area contributed by atoms with Crippen LogP contribution < -0.4 is 10.1 Å². The van der Waals surface area contributed by atoms with Gasteiger partial charge in [-0.3, -0.25) is 14.2 Å². The number of methoxy groups -OCH3 is 1. The summed E-state index contributed by atoms with van der Waals surface area (Å²) in [5.74, 6) is 0.986. The lowest BCUT2D eigenvalue weighted by Gasteiger charge is -2.10. The summed E-state index contributed by atoms with van der Waals surface area (Å²) in [5.41, 5.74) is 4.70. The zero-order valence-corrected chi connectivity index (χ0v) is 18.7. The minimum absolute atomic E-state index is 0.214. The first kappa shape index (κ1) is 20.8. The Morgan fingerprint density at radius 3 is 2.76 bits per heavy atom. The van der Waals surface area contributed by atoms with Gasteiger partial charge in [-0.15, -0.1) is 10.2 Å². The molecule has 0 aliphatic rings. The van der Waals surface area contributed by atoms with Crippen LogP contribution in [-0.2, 0) is 6.54 Å². The van der Waals surface area contributed by atoms with Gasteiger partial charge in [0.05, 0.1) is 41.1 Å². The van der Waals surface area contributed by atoms with Crippen molar-refractivity contribution in [1.82, 2.24) is 29.9 Å². The number of rotatable bonds is 5. The maximum absolute atomic E-state index is 12.8. The van der Waals surface area contributed by atoms with Crippen LogP contribution >= 0.6 is 11.6 Å². The second kappa shape index (κ2) is 8.48. The summed E-state index contributed by atoms with van der Waals surface area (Å²) >= 11 is 6.53. The average Bonchev–Trinajstić information content (AvgIpc) is 3.29. The molecule has 0 aliphatic heterocycles. The number of nitrogens with zero attached hydrogens (tertiary/aromatic N) is 5. The van der Waals surface area contributed by atoms with Gasteiger partial charge in [-0.1, -0.05) is 17.7 Å². The Bertz CT molecular complexity index is 1500. The summed E-state index contributed by atoms with van der Waals surface area (Å²) in [4.78, 5) is 21.7. The SMILES string of the molecule is COc1ccc(-c2nnc3c(C)nc4ccc(C(=O)NCc5ccccn5)cc4n23)c(Cl)c1. The highest BCUT2D eigenvalue weighted by atomic mass is 35.5. The topological polar surface area (TPSA) is 94.3 Å². The van der Waals surface area contributed by atoms with Crippen molar-refractivity contribution in [1.29, 1.82) is 0 Å². The number of carbonyl (C=O) groups is 1. The third-order valence-electron chi connectivity index (χ3n) is 5.33. The summed E-state index contributed by atoms with van der Waals surface area (Å²) in [6, 6.07) is 16.3. The van der Waals surface area contributed by atoms with Crippen LogP contribution in [0.2, 0.25) is 5.02 Å². The second-order valence-corrected chi connectivity index (χ2v) is 7.84. The number of fused-ring (bicyclic) bond motifs is 3. The Kier molecular flexibility index (Phi) is 5.35. The molecule has 0 unspecified atom stereocenters. The summed E-state index contributed by atoms with van der Waals surface area (Å²) in [7, 11) is 1.58. The van der Waals surface area contributed by atoms with Crippen LogP contribution in [0.25, 0.3) is 28.1 Å². The van der Waals surface area contributed by atoms with Gasteiger partial charge in [0.1, 0.15) is 5.75 Å². The molecule has 0 spiro atoms. The number of aryl methyl sites for hydroxylation is 1. The monoisotopic (exact) mass is 458 g/mol. The number of pyridine rings is 1. The van der Waals surface area contributed by atoms with Crippen LogP contribution in [0, 0.1) is 6.92 Å². The number of amides is 1. The quantitative estimate of drug-likeness (QED) is 0.423. The molecule has 9 heteroatoms. The third kappa shape index (κ3) is 3.85. The van der Waals surface area contributed by atoms with E-state index in [9.17, 15) is 4.79 Å². The molecule has 8 nitrogen and oxygen atoms in total. The Balaban J connectivity index is 1.60. The first-order chi connectivity index (χ1) is 16.0. The van der Waals surface area contributed by atoms with Crippen molar-refractivity contribution in [2.45, 2.75) is 13.5 Å². The molecule has 3 heterocycles. The number of nitrogens with one attached hydrogen (secondary N) is 1. The van der Waals surface area contributed by atoms with Crippen LogP contribution in [0.3, 0.4) is 0 Å². The molecule has 0 saturated carbocycles. The fraction of sp³-hybridized carbons (Fsp3) is 0.125. The number of hydrogen-bond donors (Lipinski definition) is 1. The van der Waals surface area contributed by atoms with E-state index < -0.39 is 0 Å². The molecule has 1 N–H and O–H groups in total. The van der Waals surface area contributed by atoms with Crippen LogP contribution in [0.5, 0.6) is 5.75 Å². The van der Waals surface area contributed by atoms with E-state index in [4.69, 9.17) is 16.3 Å². The molecule has 0 bridgehead atoms. The molecule has 0 saturated heterocycles. The zero-order chi connectivity index (χ0) is 22.9. The summed E-state index contributed by atoms with van der Waals surface area (Å²) in [6.45, 7) is 2.20. The molecule has 0 atom stereocenters. The molecule has 3 aromatic heterocycles. The van der Waals surface area contributed by atoms with Crippen LogP contribution in [0.4, 0.5) is 0 Å². The lowest BCUT2D eigenvalue weighted by molar-refractivity contribution is 0.0950. The van der Waals surface area contributed by atoms with E-state index in [1.165, 1.54) is 0 Å². The number of benzene rings is 2. The maximum atomic E-state index is 12.8. The predicted octanol–water partition coefficient (Wildman–Crippen LogP) is 4.24. The average molecular weight is 459 g/mol. The van der Waals surface area contributed by atoms with Crippen molar-refractivity contribution in [2.75, 3.05) is 7.11 Å². The van der Waals surface area contributed by atoms with Gasteiger partial charge >= 0.3 is 0 Å². The standard InChI is InChI=1S/C24H19ClN6O2/c1-14-22-29-30-23(18-8-7-17(33-2)12-19(18)25)31(22)21-11-15(6-9-20(21)28-14)24(32)27-13-16-5-3-4-10-26-16/h3-12H,13H2,1-2H3,(H,27,32). The fourth-order valence-corrected chi connectivity index (χ4v) is 3.92. The lowest BCUT2D eigenvalue weighted by atomic mass is 10.1. The van der Waals surface area contributed by atoms with Gasteiger partial charge < -0.3 is 10.1 Å². The van der Waals surface area contributed by atoms with E-state index in [2.05, 4.69) is 25.5 Å². The van der Waals surface area contributed by atoms with E-state index in [0.717, 1.165) is 11.4 Å². The minimum Gasteiger partial charge on any atom is -0.497 e. The van der Waals surface area contributed by atoms with Gasteiger partial charge in [0, 0.05) is 17.3 Å². The zero-order valence-electron chi connectivity index (χ0n) is 17.9. The van der Waals surface area contributed by atoms with Gasteiger partial charge in [0.2, 0.25) is 0 Å². The lowest BCUT2D eigenvalue weighted by Crippen LogP contribution is -2.23. The molecule has 164 valence electrons. The molecule has 2 aromatic carbocycles. The van der Waals surface area contributed by atoms with Crippen LogP contribution in [0.15, 0.2) is 60.8 Å². The fourth-order valence-electron chi connectivity index (χ4n) is 3.67. The minimum atomic E-state index is -0.214. The van der Waals surface area contributed by atoms with Crippen molar-refractivity contribution in [2.24, 2.45) is 0 Å². The first-order valence-electron chi connectivity index (χ1n) is 10.2. The maximum Gasteiger partial charge on any atom is 0.251 e.